The lowest BCUT2D eigenvalue weighted by Gasteiger charge is -2.12. The maximum atomic E-state index is 13.0. The Morgan fingerprint density at radius 2 is 2.06 bits per heavy atom. The zero-order valence-electron chi connectivity index (χ0n) is 9.07. The number of alkyl halides is 2. The third-order valence-corrected chi connectivity index (χ3v) is 2.94. The van der Waals surface area contributed by atoms with Crippen molar-refractivity contribution >= 4 is 28.5 Å². The topological polar surface area (TPSA) is 50.4 Å². The van der Waals surface area contributed by atoms with Crippen LogP contribution in [-0.4, -0.2) is 17.5 Å². The van der Waals surface area contributed by atoms with Gasteiger partial charge in [-0.3, -0.25) is 4.79 Å². The van der Waals surface area contributed by atoms with Crippen LogP contribution < -0.4 is 0 Å². The standard InChI is InChI=1S/C12H9ClF2O3/c13-11-10(7(12(14)15)5-9(16)17)6-3-1-2-4-8(6)18-11/h1-4,7,12H,5H2,(H,16,17). The van der Waals surface area contributed by atoms with Crippen LogP contribution in [0.3, 0.4) is 0 Å². The lowest BCUT2D eigenvalue weighted by molar-refractivity contribution is -0.138. The fourth-order valence-corrected chi connectivity index (χ4v) is 2.21. The summed E-state index contributed by atoms with van der Waals surface area (Å²) in [6.45, 7) is 0. The molecule has 2 rings (SSSR count). The molecule has 1 N–H and O–H groups in total. The molecule has 1 heterocycles. The van der Waals surface area contributed by atoms with Crippen molar-refractivity contribution in [1.29, 1.82) is 0 Å². The zero-order valence-corrected chi connectivity index (χ0v) is 9.82. The van der Waals surface area contributed by atoms with Gasteiger partial charge in [-0.05, 0) is 17.7 Å². The summed E-state index contributed by atoms with van der Waals surface area (Å²) in [6, 6.07) is 6.51. The molecule has 1 aromatic heterocycles. The fourth-order valence-electron chi connectivity index (χ4n) is 1.89. The molecule has 0 fully saturated rings. The third kappa shape index (κ3) is 2.31. The number of rotatable bonds is 4. The highest BCUT2D eigenvalue weighted by atomic mass is 35.5. The van der Waals surface area contributed by atoms with Crippen molar-refractivity contribution in [3.63, 3.8) is 0 Å². The maximum absolute atomic E-state index is 13.0. The van der Waals surface area contributed by atoms with E-state index < -0.39 is 24.7 Å². The highest BCUT2D eigenvalue weighted by Crippen LogP contribution is 2.39. The Balaban J connectivity index is 2.56. The molecule has 6 heteroatoms. The normalized spacial score (nSPS) is 13.1. The van der Waals surface area contributed by atoms with E-state index in [9.17, 15) is 13.6 Å². The highest BCUT2D eigenvalue weighted by Gasteiger charge is 2.31. The van der Waals surface area contributed by atoms with Gasteiger partial charge in [-0.1, -0.05) is 18.2 Å². The molecule has 1 atom stereocenters. The number of benzene rings is 1. The van der Waals surface area contributed by atoms with Gasteiger partial charge in [0.25, 0.3) is 0 Å². The predicted molar refractivity (Wildman–Crippen MR) is 62.2 cm³/mol. The van der Waals surface area contributed by atoms with Gasteiger partial charge in [0.1, 0.15) is 5.58 Å². The molecule has 0 saturated carbocycles. The van der Waals surface area contributed by atoms with Crippen LogP contribution in [0.25, 0.3) is 11.0 Å². The molecule has 1 aromatic carbocycles. The van der Waals surface area contributed by atoms with Crippen molar-refractivity contribution in [3.8, 4) is 0 Å². The summed E-state index contributed by atoms with van der Waals surface area (Å²) >= 11 is 5.80. The number of carboxylic acids is 1. The monoisotopic (exact) mass is 274 g/mol. The first-order valence-corrected chi connectivity index (χ1v) is 5.55. The van der Waals surface area contributed by atoms with Crippen LogP contribution in [0.5, 0.6) is 0 Å². The summed E-state index contributed by atoms with van der Waals surface area (Å²) in [7, 11) is 0. The molecule has 3 nitrogen and oxygen atoms in total. The van der Waals surface area contributed by atoms with Gasteiger partial charge in [0.05, 0.1) is 12.3 Å². The number of aliphatic carboxylic acids is 1. The Hall–Kier alpha value is -1.62. The minimum atomic E-state index is -2.82. The SMILES string of the molecule is O=C(O)CC(c1c(Cl)oc2ccccc12)C(F)F. The second-order valence-electron chi connectivity index (χ2n) is 3.82. The number of hydrogen-bond donors (Lipinski definition) is 1. The summed E-state index contributed by atoms with van der Waals surface area (Å²) < 4.78 is 31.1. The van der Waals surface area contributed by atoms with E-state index in [4.69, 9.17) is 21.1 Å². The minimum absolute atomic E-state index is 0.0599. The average molecular weight is 275 g/mol. The van der Waals surface area contributed by atoms with Gasteiger partial charge in [0, 0.05) is 10.9 Å². The van der Waals surface area contributed by atoms with E-state index in [1.807, 2.05) is 0 Å². The summed E-state index contributed by atoms with van der Waals surface area (Å²) in [4.78, 5) is 10.6. The first kappa shape index (κ1) is 12.8. The Morgan fingerprint density at radius 1 is 1.39 bits per heavy atom. The van der Waals surface area contributed by atoms with Crippen molar-refractivity contribution in [1.82, 2.24) is 0 Å². The second kappa shape index (κ2) is 4.94. The average Bonchev–Trinajstić information content (AvgIpc) is 2.61. The van der Waals surface area contributed by atoms with E-state index in [2.05, 4.69) is 0 Å². The first-order valence-electron chi connectivity index (χ1n) is 5.17. The van der Waals surface area contributed by atoms with Crippen LogP contribution >= 0.6 is 11.6 Å². The van der Waals surface area contributed by atoms with Crippen LogP contribution in [0.2, 0.25) is 5.22 Å². The molecular weight excluding hydrogens is 266 g/mol. The molecule has 0 spiro atoms. The third-order valence-electron chi connectivity index (χ3n) is 2.66. The number of carbonyl (C=O) groups is 1. The quantitative estimate of drug-likeness (QED) is 0.919. The summed E-state index contributed by atoms with van der Waals surface area (Å²) in [5, 5.41) is 8.93. The van der Waals surface area contributed by atoms with E-state index in [1.54, 1.807) is 24.3 Å². The van der Waals surface area contributed by atoms with E-state index in [0.29, 0.717) is 11.0 Å². The van der Waals surface area contributed by atoms with Gasteiger partial charge in [0.15, 0.2) is 5.22 Å². The van der Waals surface area contributed by atoms with Gasteiger partial charge in [0.2, 0.25) is 6.43 Å². The zero-order chi connectivity index (χ0) is 13.3. The summed E-state index contributed by atoms with van der Waals surface area (Å²) in [5.74, 6) is -2.78. The van der Waals surface area contributed by atoms with Gasteiger partial charge < -0.3 is 9.52 Å². The summed E-state index contributed by atoms with van der Waals surface area (Å²) in [5.41, 5.74) is 0.429. The molecule has 0 bridgehead atoms. The van der Waals surface area contributed by atoms with Crippen LogP contribution in [0.15, 0.2) is 28.7 Å². The largest absolute Gasteiger partial charge is 0.481 e. The lowest BCUT2D eigenvalue weighted by atomic mass is 9.95. The molecule has 0 aliphatic heterocycles. The van der Waals surface area contributed by atoms with Gasteiger partial charge in [-0.15, -0.1) is 0 Å². The van der Waals surface area contributed by atoms with E-state index in [-0.39, 0.29) is 10.8 Å². The fraction of sp³-hybridized carbons (Fsp3) is 0.250. The predicted octanol–water partition coefficient (Wildman–Crippen LogP) is 3.91. The number of carboxylic acid groups (broad SMARTS) is 1. The van der Waals surface area contributed by atoms with E-state index in [1.165, 1.54) is 0 Å². The Labute approximate surface area is 106 Å². The van der Waals surface area contributed by atoms with Crippen LogP contribution in [0.1, 0.15) is 17.9 Å². The molecule has 18 heavy (non-hydrogen) atoms. The number of hydrogen-bond acceptors (Lipinski definition) is 2. The van der Waals surface area contributed by atoms with Crippen LogP contribution in [0.4, 0.5) is 8.78 Å². The minimum Gasteiger partial charge on any atom is -0.481 e. The van der Waals surface area contributed by atoms with E-state index >= 15 is 0 Å². The van der Waals surface area contributed by atoms with Crippen molar-refractivity contribution in [3.05, 3.63) is 35.0 Å². The molecule has 0 saturated heterocycles. The number of halogens is 3. The Bertz CT molecular complexity index is 580. The smallest absolute Gasteiger partial charge is 0.304 e. The highest BCUT2D eigenvalue weighted by molar-refractivity contribution is 6.31. The molecule has 1 unspecified atom stereocenters. The lowest BCUT2D eigenvalue weighted by Crippen LogP contribution is -2.14. The molecular formula is C12H9ClF2O3. The Morgan fingerprint density at radius 3 is 2.67 bits per heavy atom. The maximum Gasteiger partial charge on any atom is 0.304 e. The second-order valence-corrected chi connectivity index (χ2v) is 4.17. The van der Waals surface area contributed by atoms with Gasteiger partial charge in [-0.2, -0.15) is 0 Å². The molecule has 0 radical (unpaired) electrons. The van der Waals surface area contributed by atoms with Crippen molar-refractivity contribution in [2.24, 2.45) is 0 Å². The summed E-state index contributed by atoms with van der Waals surface area (Å²) in [6.07, 6.45) is -3.51. The van der Waals surface area contributed by atoms with Gasteiger partial charge in [-0.25, -0.2) is 8.78 Å². The molecule has 0 aliphatic carbocycles. The number of furan rings is 1. The van der Waals surface area contributed by atoms with Crippen molar-refractivity contribution < 1.29 is 23.1 Å². The molecule has 0 aliphatic rings. The Kier molecular flexibility index (Phi) is 3.52. The molecule has 2 aromatic rings. The first-order chi connectivity index (χ1) is 8.50. The van der Waals surface area contributed by atoms with Crippen LogP contribution in [-0.2, 0) is 4.79 Å². The van der Waals surface area contributed by atoms with E-state index in [0.717, 1.165) is 0 Å². The van der Waals surface area contributed by atoms with Crippen molar-refractivity contribution in [2.45, 2.75) is 18.8 Å². The molecule has 0 amide bonds. The number of para-hydroxylation sites is 1. The van der Waals surface area contributed by atoms with Crippen LogP contribution in [0, 0.1) is 0 Å². The van der Waals surface area contributed by atoms with Gasteiger partial charge >= 0.3 is 5.97 Å². The van der Waals surface area contributed by atoms with Crippen molar-refractivity contribution in [2.75, 3.05) is 0 Å². The number of fused-ring (bicyclic) bond motifs is 1. The molecule has 96 valence electrons.